The lowest BCUT2D eigenvalue weighted by atomic mass is 10.0. The van der Waals surface area contributed by atoms with Gasteiger partial charge in [0.25, 0.3) is 5.91 Å². The van der Waals surface area contributed by atoms with E-state index in [9.17, 15) is 4.79 Å². The van der Waals surface area contributed by atoms with Gasteiger partial charge in [-0.2, -0.15) is 0 Å². The SMILES string of the molecule is CN[C@@H](CC(C)C)C(=O)N(C)NC. The molecule has 0 spiro atoms. The minimum absolute atomic E-state index is 0.0821. The van der Waals surface area contributed by atoms with Crippen LogP contribution in [0.2, 0.25) is 0 Å². The summed E-state index contributed by atoms with van der Waals surface area (Å²) in [6, 6.07) is -0.0857. The minimum Gasteiger partial charge on any atom is -0.309 e. The van der Waals surface area contributed by atoms with Crippen LogP contribution in [0.5, 0.6) is 0 Å². The predicted octanol–water partition coefficient (Wildman–Crippen LogP) is 0.213. The first-order valence-corrected chi connectivity index (χ1v) is 4.65. The molecular weight excluding hydrogens is 166 g/mol. The summed E-state index contributed by atoms with van der Waals surface area (Å²) in [7, 11) is 5.28. The maximum Gasteiger partial charge on any atom is 0.253 e. The Labute approximate surface area is 80.7 Å². The molecule has 0 saturated heterocycles. The molecular formula is C9H21N3O. The van der Waals surface area contributed by atoms with E-state index >= 15 is 0 Å². The molecule has 2 N–H and O–H groups in total. The van der Waals surface area contributed by atoms with Gasteiger partial charge in [0.1, 0.15) is 0 Å². The van der Waals surface area contributed by atoms with Crippen molar-refractivity contribution in [3.05, 3.63) is 0 Å². The first kappa shape index (κ1) is 12.4. The third-order valence-corrected chi connectivity index (χ3v) is 2.02. The molecule has 0 fully saturated rings. The van der Waals surface area contributed by atoms with E-state index in [-0.39, 0.29) is 11.9 Å². The Hall–Kier alpha value is -0.610. The normalized spacial score (nSPS) is 13.1. The Balaban J connectivity index is 4.14. The number of carbonyl (C=O) groups excluding carboxylic acids is 1. The van der Waals surface area contributed by atoms with Crippen LogP contribution in [-0.2, 0) is 4.79 Å². The smallest absolute Gasteiger partial charge is 0.253 e. The Morgan fingerprint density at radius 1 is 1.38 bits per heavy atom. The van der Waals surface area contributed by atoms with Crippen molar-refractivity contribution in [3.8, 4) is 0 Å². The standard InChI is InChI=1S/C9H21N3O/c1-7(2)6-8(10-3)9(13)12(5)11-4/h7-8,10-11H,6H2,1-5H3/t8-/m0/s1. The number of hydrogen-bond acceptors (Lipinski definition) is 3. The Bertz CT molecular complexity index is 159. The number of hydrogen-bond donors (Lipinski definition) is 2. The van der Waals surface area contributed by atoms with Crippen LogP contribution >= 0.6 is 0 Å². The molecule has 0 saturated carbocycles. The zero-order valence-corrected chi connectivity index (χ0v) is 9.22. The number of likely N-dealkylation sites (N-methyl/N-ethyl adjacent to an activating group) is 2. The maximum atomic E-state index is 11.6. The van der Waals surface area contributed by atoms with E-state index in [0.717, 1.165) is 6.42 Å². The van der Waals surface area contributed by atoms with E-state index in [1.54, 1.807) is 14.1 Å². The van der Waals surface area contributed by atoms with Crippen molar-refractivity contribution < 1.29 is 4.79 Å². The summed E-state index contributed by atoms with van der Waals surface area (Å²) in [6.45, 7) is 4.22. The van der Waals surface area contributed by atoms with Gasteiger partial charge in [0, 0.05) is 14.1 Å². The van der Waals surface area contributed by atoms with Crippen LogP contribution in [-0.4, -0.2) is 38.1 Å². The Morgan fingerprint density at radius 3 is 2.23 bits per heavy atom. The monoisotopic (exact) mass is 187 g/mol. The second kappa shape index (κ2) is 5.94. The lowest BCUT2D eigenvalue weighted by Crippen LogP contribution is -2.48. The van der Waals surface area contributed by atoms with Crippen LogP contribution in [0.4, 0.5) is 0 Å². The molecule has 0 unspecified atom stereocenters. The molecule has 78 valence electrons. The third-order valence-electron chi connectivity index (χ3n) is 2.02. The summed E-state index contributed by atoms with van der Waals surface area (Å²) in [5.41, 5.74) is 2.80. The van der Waals surface area contributed by atoms with Gasteiger partial charge in [0.05, 0.1) is 6.04 Å². The number of nitrogens with zero attached hydrogens (tertiary/aromatic N) is 1. The van der Waals surface area contributed by atoms with Crippen LogP contribution in [0.25, 0.3) is 0 Å². The van der Waals surface area contributed by atoms with Crippen molar-refractivity contribution in [3.63, 3.8) is 0 Å². The molecule has 0 radical (unpaired) electrons. The quantitative estimate of drug-likeness (QED) is 0.605. The fourth-order valence-corrected chi connectivity index (χ4v) is 1.16. The van der Waals surface area contributed by atoms with E-state index in [4.69, 9.17) is 0 Å². The molecule has 0 aromatic carbocycles. The number of hydrazine groups is 1. The van der Waals surface area contributed by atoms with E-state index in [2.05, 4.69) is 24.6 Å². The van der Waals surface area contributed by atoms with Crippen LogP contribution in [0.15, 0.2) is 0 Å². The lowest BCUT2D eigenvalue weighted by molar-refractivity contribution is -0.134. The van der Waals surface area contributed by atoms with Crippen LogP contribution < -0.4 is 10.7 Å². The molecule has 4 nitrogen and oxygen atoms in total. The second-order valence-corrected chi connectivity index (χ2v) is 3.59. The summed E-state index contributed by atoms with van der Waals surface area (Å²) in [5, 5.41) is 4.52. The summed E-state index contributed by atoms with van der Waals surface area (Å²) >= 11 is 0. The predicted molar refractivity (Wildman–Crippen MR) is 54.1 cm³/mol. The third kappa shape index (κ3) is 4.24. The topological polar surface area (TPSA) is 44.4 Å². The van der Waals surface area contributed by atoms with Crippen molar-refractivity contribution in [2.75, 3.05) is 21.1 Å². The van der Waals surface area contributed by atoms with Gasteiger partial charge in [-0.05, 0) is 19.4 Å². The van der Waals surface area contributed by atoms with E-state index in [1.807, 2.05) is 7.05 Å². The van der Waals surface area contributed by atoms with Crippen molar-refractivity contribution in [1.29, 1.82) is 0 Å². The average Bonchev–Trinajstić information content (AvgIpc) is 2.11. The van der Waals surface area contributed by atoms with Crippen molar-refractivity contribution >= 4 is 5.91 Å². The molecule has 0 bridgehead atoms. The minimum atomic E-state index is -0.0857. The summed E-state index contributed by atoms with van der Waals surface area (Å²) in [6.07, 6.45) is 0.862. The highest BCUT2D eigenvalue weighted by Crippen LogP contribution is 2.05. The summed E-state index contributed by atoms with van der Waals surface area (Å²) < 4.78 is 0. The van der Waals surface area contributed by atoms with Gasteiger partial charge in [-0.15, -0.1) is 0 Å². The Morgan fingerprint density at radius 2 is 1.92 bits per heavy atom. The molecule has 4 heteroatoms. The van der Waals surface area contributed by atoms with E-state index in [0.29, 0.717) is 5.92 Å². The van der Waals surface area contributed by atoms with Crippen LogP contribution in [0, 0.1) is 5.92 Å². The molecule has 0 heterocycles. The molecule has 1 atom stereocenters. The number of nitrogens with one attached hydrogen (secondary N) is 2. The lowest BCUT2D eigenvalue weighted by Gasteiger charge is -2.23. The second-order valence-electron chi connectivity index (χ2n) is 3.59. The number of carbonyl (C=O) groups is 1. The van der Waals surface area contributed by atoms with E-state index < -0.39 is 0 Å². The summed E-state index contributed by atoms with van der Waals surface area (Å²) in [5.74, 6) is 0.602. The first-order chi connectivity index (χ1) is 6.02. The van der Waals surface area contributed by atoms with Crippen LogP contribution in [0.3, 0.4) is 0 Å². The molecule has 0 aliphatic carbocycles. The highest BCUT2D eigenvalue weighted by molar-refractivity contribution is 5.81. The zero-order chi connectivity index (χ0) is 10.4. The maximum absolute atomic E-state index is 11.6. The molecule has 13 heavy (non-hydrogen) atoms. The molecule has 0 aromatic heterocycles. The highest BCUT2D eigenvalue weighted by atomic mass is 16.2. The number of amides is 1. The molecule has 1 amide bonds. The van der Waals surface area contributed by atoms with Gasteiger partial charge in [0.2, 0.25) is 0 Å². The molecule has 0 aliphatic heterocycles. The van der Waals surface area contributed by atoms with Gasteiger partial charge >= 0.3 is 0 Å². The fourth-order valence-electron chi connectivity index (χ4n) is 1.16. The van der Waals surface area contributed by atoms with Crippen molar-refractivity contribution in [2.24, 2.45) is 5.92 Å². The van der Waals surface area contributed by atoms with Gasteiger partial charge in [-0.3, -0.25) is 9.80 Å². The highest BCUT2D eigenvalue weighted by Gasteiger charge is 2.20. The first-order valence-electron chi connectivity index (χ1n) is 4.65. The van der Waals surface area contributed by atoms with Crippen molar-refractivity contribution in [1.82, 2.24) is 15.8 Å². The largest absolute Gasteiger partial charge is 0.309 e. The van der Waals surface area contributed by atoms with Crippen molar-refractivity contribution in [2.45, 2.75) is 26.3 Å². The summed E-state index contributed by atoms with van der Waals surface area (Å²) in [4.78, 5) is 11.6. The molecule has 0 aliphatic rings. The van der Waals surface area contributed by atoms with Crippen LogP contribution in [0.1, 0.15) is 20.3 Å². The van der Waals surface area contributed by atoms with Gasteiger partial charge in [-0.25, -0.2) is 5.43 Å². The fraction of sp³-hybridized carbons (Fsp3) is 0.889. The Kier molecular flexibility index (Phi) is 5.66. The molecule has 0 aromatic rings. The average molecular weight is 187 g/mol. The van der Waals surface area contributed by atoms with E-state index in [1.165, 1.54) is 5.01 Å². The van der Waals surface area contributed by atoms with Gasteiger partial charge in [-0.1, -0.05) is 13.8 Å². The molecule has 0 rings (SSSR count). The zero-order valence-electron chi connectivity index (χ0n) is 9.22. The van der Waals surface area contributed by atoms with Gasteiger partial charge < -0.3 is 5.32 Å². The van der Waals surface area contributed by atoms with Gasteiger partial charge in [0.15, 0.2) is 0 Å². The number of rotatable bonds is 5.